The van der Waals surface area contributed by atoms with E-state index in [4.69, 9.17) is 10.2 Å². The van der Waals surface area contributed by atoms with Crippen molar-refractivity contribution in [3.63, 3.8) is 0 Å². The van der Waals surface area contributed by atoms with Gasteiger partial charge in [0.25, 0.3) is 0 Å². The number of aliphatic hydroxyl groups is 2. The molecule has 0 aliphatic heterocycles. The molecule has 0 spiro atoms. The largest absolute Gasteiger partial charge is 0.396 e. The Bertz CT molecular complexity index is 260. The molecule has 0 unspecified atom stereocenters. The average Bonchev–Trinajstić information content (AvgIpc) is 2.63. The van der Waals surface area contributed by atoms with Crippen LogP contribution in [0.3, 0.4) is 0 Å². The van der Waals surface area contributed by atoms with E-state index in [0.717, 1.165) is 5.69 Å². The van der Waals surface area contributed by atoms with Gasteiger partial charge in [0, 0.05) is 38.4 Å². The van der Waals surface area contributed by atoms with E-state index in [1.54, 1.807) is 10.9 Å². The van der Waals surface area contributed by atoms with Crippen LogP contribution in [0.1, 0.15) is 5.69 Å². The molecule has 3 N–H and O–H groups in total. The average molecular weight is 200 g/mol. The first-order chi connectivity index (χ1) is 6.80. The molecular weight excluding hydrogens is 184 g/mol. The third-order valence-electron chi connectivity index (χ3n) is 1.91. The molecule has 0 bridgehead atoms. The van der Waals surface area contributed by atoms with E-state index in [1.807, 2.05) is 7.05 Å². The predicted octanol–water partition coefficient (Wildman–Crippen LogP) is -1.40. The van der Waals surface area contributed by atoms with Crippen molar-refractivity contribution >= 4 is 0 Å². The predicted molar refractivity (Wildman–Crippen MR) is 50.4 cm³/mol. The Morgan fingerprint density at radius 1 is 1.50 bits per heavy atom. The minimum absolute atomic E-state index is 0.0439. The molecule has 1 rings (SSSR count). The third-order valence-corrected chi connectivity index (χ3v) is 1.91. The van der Waals surface area contributed by atoms with Gasteiger partial charge in [0.15, 0.2) is 0 Å². The Kier molecular flexibility index (Phi) is 4.51. The van der Waals surface area contributed by atoms with Crippen molar-refractivity contribution in [1.82, 2.24) is 20.3 Å². The lowest BCUT2D eigenvalue weighted by Crippen LogP contribution is -2.18. The number of aliphatic hydroxyl groups excluding tert-OH is 2. The van der Waals surface area contributed by atoms with Crippen molar-refractivity contribution in [2.45, 2.75) is 13.1 Å². The summed E-state index contributed by atoms with van der Waals surface area (Å²) in [6.07, 6.45) is 1.80. The zero-order valence-electron chi connectivity index (χ0n) is 8.22. The van der Waals surface area contributed by atoms with Crippen LogP contribution in [0, 0.1) is 5.92 Å². The maximum atomic E-state index is 8.86. The number of nitrogens with one attached hydrogen (secondary N) is 1. The first-order valence-electron chi connectivity index (χ1n) is 4.55. The van der Waals surface area contributed by atoms with Crippen molar-refractivity contribution in [3.05, 3.63) is 11.9 Å². The van der Waals surface area contributed by atoms with Crippen LogP contribution in [-0.2, 0) is 13.1 Å². The Morgan fingerprint density at radius 3 is 2.79 bits per heavy atom. The van der Waals surface area contributed by atoms with Gasteiger partial charge in [-0.05, 0) is 7.05 Å². The summed E-state index contributed by atoms with van der Waals surface area (Å²) in [6, 6.07) is 0. The van der Waals surface area contributed by atoms with E-state index >= 15 is 0 Å². The zero-order valence-corrected chi connectivity index (χ0v) is 8.22. The van der Waals surface area contributed by atoms with E-state index in [1.165, 1.54) is 0 Å². The second-order valence-electron chi connectivity index (χ2n) is 3.19. The second-order valence-corrected chi connectivity index (χ2v) is 3.19. The summed E-state index contributed by atoms with van der Waals surface area (Å²) in [5.41, 5.74) is 0.849. The van der Waals surface area contributed by atoms with E-state index < -0.39 is 0 Å². The Hall–Kier alpha value is -0.980. The van der Waals surface area contributed by atoms with Crippen molar-refractivity contribution in [1.29, 1.82) is 0 Å². The molecule has 80 valence electrons. The summed E-state index contributed by atoms with van der Waals surface area (Å²) in [5, 5.41) is 28.5. The van der Waals surface area contributed by atoms with Gasteiger partial charge in [-0.25, -0.2) is 0 Å². The first kappa shape index (κ1) is 11.1. The molecule has 0 aromatic carbocycles. The van der Waals surface area contributed by atoms with Gasteiger partial charge in [-0.15, -0.1) is 5.10 Å². The monoisotopic (exact) mass is 200 g/mol. The Morgan fingerprint density at radius 2 is 2.21 bits per heavy atom. The minimum atomic E-state index is -0.167. The highest BCUT2D eigenvalue weighted by atomic mass is 16.3. The van der Waals surface area contributed by atoms with Gasteiger partial charge < -0.3 is 15.5 Å². The molecule has 0 saturated carbocycles. The van der Waals surface area contributed by atoms with Gasteiger partial charge >= 0.3 is 0 Å². The van der Waals surface area contributed by atoms with E-state index in [9.17, 15) is 0 Å². The lowest BCUT2D eigenvalue weighted by Gasteiger charge is -2.09. The molecule has 0 atom stereocenters. The van der Waals surface area contributed by atoms with Crippen LogP contribution >= 0.6 is 0 Å². The summed E-state index contributed by atoms with van der Waals surface area (Å²) in [7, 11) is 1.84. The molecule has 0 amide bonds. The second kappa shape index (κ2) is 5.69. The lowest BCUT2D eigenvalue weighted by atomic mass is 10.2. The number of aromatic nitrogens is 3. The summed E-state index contributed by atoms with van der Waals surface area (Å²) in [5.74, 6) is -0.167. The van der Waals surface area contributed by atoms with Gasteiger partial charge in [0.1, 0.15) is 0 Å². The van der Waals surface area contributed by atoms with Crippen molar-refractivity contribution in [2.24, 2.45) is 5.92 Å². The standard InChI is InChI=1S/C8H16N4O2/c1-9-2-8-4-12(11-10-8)3-7(5-13)6-14/h4,7,9,13-14H,2-3,5-6H2,1H3. The molecule has 1 heterocycles. The number of hydrogen-bond acceptors (Lipinski definition) is 5. The first-order valence-corrected chi connectivity index (χ1v) is 4.55. The summed E-state index contributed by atoms with van der Waals surface area (Å²) in [6.45, 7) is 1.07. The van der Waals surface area contributed by atoms with Crippen molar-refractivity contribution < 1.29 is 10.2 Å². The molecule has 0 aliphatic carbocycles. The van der Waals surface area contributed by atoms with Crippen molar-refractivity contribution in [3.8, 4) is 0 Å². The van der Waals surface area contributed by atoms with Crippen LogP contribution in [0.4, 0.5) is 0 Å². The summed E-state index contributed by atoms with van der Waals surface area (Å²) < 4.78 is 1.63. The SMILES string of the molecule is CNCc1cn(CC(CO)CO)nn1. The lowest BCUT2D eigenvalue weighted by molar-refractivity contribution is 0.134. The molecular formula is C8H16N4O2. The number of nitrogens with zero attached hydrogens (tertiary/aromatic N) is 3. The topological polar surface area (TPSA) is 83.2 Å². The van der Waals surface area contributed by atoms with Crippen LogP contribution < -0.4 is 5.32 Å². The van der Waals surface area contributed by atoms with Gasteiger partial charge in [-0.3, -0.25) is 4.68 Å². The third kappa shape index (κ3) is 3.06. The van der Waals surface area contributed by atoms with Crippen molar-refractivity contribution in [2.75, 3.05) is 20.3 Å². The summed E-state index contributed by atoms with van der Waals surface area (Å²) in [4.78, 5) is 0. The van der Waals surface area contributed by atoms with Crippen LogP contribution in [-0.4, -0.2) is 45.5 Å². The molecule has 1 aromatic rings. The van der Waals surface area contributed by atoms with E-state index in [0.29, 0.717) is 13.1 Å². The maximum absolute atomic E-state index is 8.86. The van der Waals surface area contributed by atoms with Gasteiger partial charge in [0.05, 0.1) is 5.69 Å². The molecule has 0 aliphatic rings. The molecule has 6 nitrogen and oxygen atoms in total. The fourth-order valence-corrected chi connectivity index (χ4v) is 1.13. The van der Waals surface area contributed by atoms with E-state index in [2.05, 4.69) is 15.6 Å². The highest BCUT2D eigenvalue weighted by molar-refractivity contribution is 4.91. The fraction of sp³-hybridized carbons (Fsp3) is 0.750. The maximum Gasteiger partial charge on any atom is 0.0964 e. The molecule has 14 heavy (non-hydrogen) atoms. The molecule has 0 radical (unpaired) electrons. The summed E-state index contributed by atoms with van der Waals surface area (Å²) >= 11 is 0. The van der Waals surface area contributed by atoms with Gasteiger partial charge in [0.2, 0.25) is 0 Å². The van der Waals surface area contributed by atoms with Gasteiger partial charge in [-0.1, -0.05) is 5.21 Å². The number of hydrogen-bond donors (Lipinski definition) is 3. The minimum Gasteiger partial charge on any atom is -0.396 e. The van der Waals surface area contributed by atoms with Gasteiger partial charge in [-0.2, -0.15) is 0 Å². The highest BCUT2D eigenvalue weighted by Crippen LogP contribution is 1.99. The molecule has 0 fully saturated rings. The molecule has 6 heteroatoms. The smallest absolute Gasteiger partial charge is 0.0964 e. The van der Waals surface area contributed by atoms with Crippen LogP contribution in [0.15, 0.2) is 6.20 Å². The Balaban J connectivity index is 2.49. The highest BCUT2D eigenvalue weighted by Gasteiger charge is 2.08. The molecule has 0 saturated heterocycles. The molecule has 1 aromatic heterocycles. The normalized spacial score (nSPS) is 11.1. The van der Waals surface area contributed by atoms with Crippen LogP contribution in [0.5, 0.6) is 0 Å². The van der Waals surface area contributed by atoms with E-state index in [-0.39, 0.29) is 19.1 Å². The van der Waals surface area contributed by atoms with Crippen LogP contribution in [0.2, 0.25) is 0 Å². The quantitative estimate of drug-likeness (QED) is 0.526. The zero-order chi connectivity index (χ0) is 10.4. The number of rotatable bonds is 6. The van der Waals surface area contributed by atoms with Crippen LogP contribution in [0.25, 0.3) is 0 Å². The fourth-order valence-electron chi connectivity index (χ4n) is 1.13. The Labute approximate surface area is 82.6 Å².